The largest absolute Gasteiger partial charge is 0.355 e. The molecule has 0 fully saturated rings. The molecule has 0 spiro atoms. The molecule has 1 atom stereocenters. The van der Waals surface area contributed by atoms with Crippen LogP contribution in [-0.4, -0.2) is 50.5 Å². The minimum absolute atomic E-state index is 0.167. The summed E-state index contributed by atoms with van der Waals surface area (Å²) >= 11 is 3.35. The number of hydrogen-bond donors (Lipinski definition) is 1. The number of likely N-dealkylation sites (N-methyl/N-ethyl adjacent to an activating group) is 1. The molecule has 0 aromatic heterocycles. The average molecular weight is 591 g/mol. The molecule has 3 aromatic carbocycles. The van der Waals surface area contributed by atoms with Gasteiger partial charge in [0, 0.05) is 29.5 Å². The number of hydrogen-bond acceptors (Lipinski definition) is 4. The molecule has 7 nitrogen and oxygen atoms in total. The molecule has 10 heteroatoms. The fourth-order valence-corrected chi connectivity index (χ4v) is 5.38. The Kier molecular flexibility index (Phi) is 9.82. The van der Waals surface area contributed by atoms with Gasteiger partial charge in [0.25, 0.3) is 0 Å². The summed E-state index contributed by atoms with van der Waals surface area (Å²) in [6, 6.07) is 20.8. The second-order valence-electron chi connectivity index (χ2n) is 8.43. The maximum atomic E-state index is 14.7. The van der Waals surface area contributed by atoms with E-state index in [0.717, 1.165) is 16.1 Å². The lowest BCUT2D eigenvalue weighted by molar-refractivity contribution is -0.140. The van der Waals surface area contributed by atoms with Crippen LogP contribution in [0.25, 0.3) is 0 Å². The second kappa shape index (κ2) is 12.8. The van der Waals surface area contributed by atoms with Crippen LogP contribution < -0.4 is 9.62 Å². The SMILES string of the molecule is CCNC(=O)[C@H](Cc1ccccc1)N(Cc1ccccc1F)C(=O)CN(c1ccccc1Br)S(C)(=O)=O. The van der Waals surface area contributed by atoms with E-state index < -0.39 is 40.2 Å². The van der Waals surface area contributed by atoms with Crippen LogP contribution in [0.2, 0.25) is 0 Å². The van der Waals surface area contributed by atoms with Gasteiger partial charge in [0.1, 0.15) is 18.4 Å². The van der Waals surface area contributed by atoms with Gasteiger partial charge in [0.2, 0.25) is 21.8 Å². The van der Waals surface area contributed by atoms with Crippen molar-refractivity contribution in [3.05, 3.63) is 100 Å². The van der Waals surface area contributed by atoms with Crippen LogP contribution in [0.1, 0.15) is 18.1 Å². The lowest BCUT2D eigenvalue weighted by Crippen LogP contribution is -2.53. The summed E-state index contributed by atoms with van der Waals surface area (Å²) in [5.41, 5.74) is 1.29. The summed E-state index contributed by atoms with van der Waals surface area (Å²) in [6.45, 7) is 1.31. The van der Waals surface area contributed by atoms with Gasteiger partial charge < -0.3 is 10.2 Å². The van der Waals surface area contributed by atoms with Gasteiger partial charge in [-0.1, -0.05) is 60.7 Å². The van der Waals surface area contributed by atoms with Crippen LogP contribution in [0, 0.1) is 5.82 Å². The van der Waals surface area contributed by atoms with E-state index in [1.54, 1.807) is 37.3 Å². The number of carbonyl (C=O) groups excluding carboxylic acids is 2. The smallest absolute Gasteiger partial charge is 0.244 e. The molecule has 0 aliphatic carbocycles. The van der Waals surface area contributed by atoms with E-state index in [0.29, 0.717) is 11.0 Å². The van der Waals surface area contributed by atoms with Gasteiger partial charge in [-0.05, 0) is 46.6 Å². The Labute approximate surface area is 225 Å². The highest BCUT2D eigenvalue weighted by molar-refractivity contribution is 9.10. The second-order valence-corrected chi connectivity index (χ2v) is 11.2. The minimum atomic E-state index is -3.88. The monoisotopic (exact) mass is 589 g/mol. The van der Waals surface area contributed by atoms with Crippen LogP contribution in [0.3, 0.4) is 0 Å². The van der Waals surface area contributed by atoms with Crippen LogP contribution in [0.5, 0.6) is 0 Å². The predicted molar refractivity (Wildman–Crippen MR) is 146 cm³/mol. The van der Waals surface area contributed by atoms with Crippen molar-refractivity contribution in [3.63, 3.8) is 0 Å². The van der Waals surface area contributed by atoms with Crippen LogP contribution in [-0.2, 0) is 32.6 Å². The molecule has 0 bridgehead atoms. The molecule has 196 valence electrons. The summed E-state index contributed by atoms with van der Waals surface area (Å²) in [7, 11) is -3.88. The highest BCUT2D eigenvalue weighted by Gasteiger charge is 2.33. The van der Waals surface area contributed by atoms with Crippen LogP contribution >= 0.6 is 15.9 Å². The van der Waals surface area contributed by atoms with E-state index in [4.69, 9.17) is 0 Å². The summed E-state index contributed by atoms with van der Waals surface area (Å²) in [5, 5.41) is 2.76. The number of carbonyl (C=O) groups is 2. The summed E-state index contributed by atoms with van der Waals surface area (Å²) < 4.78 is 41.6. The first-order valence-electron chi connectivity index (χ1n) is 11.7. The minimum Gasteiger partial charge on any atom is -0.355 e. The van der Waals surface area contributed by atoms with E-state index >= 15 is 0 Å². The van der Waals surface area contributed by atoms with Gasteiger partial charge in [-0.25, -0.2) is 12.8 Å². The zero-order chi connectivity index (χ0) is 27.0. The number of para-hydroxylation sites is 1. The lowest BCUT2D eigenvalue weighted by Gasteiger charge is -2.33. The van der Waals surface area contributed by atoms with Crippen molar-refractivity contribution >= 4 is 43.5 Å². The fraction of sp³-hybridized carbons (Fsp3) is 0.259. The molecule has 0 aliphatic heterocycles. The van der Waals surface area contributed by atoms with Crippen molar-refractivity contribution in [1.29, 1.82) is 0 Å². The van der Waals surface area contributed by atoms with E-state index in [2.05, 4.69) is 21.2 Å². The number of anilines is 1. The van der Waals surface area contributed by atoms with Crippen molar-refractivity contribution in [3.8, 4) is 0 Å². The van der Waals surface area contributed by atoms with Crippen molar-refractivity contribution in [2.45, 2.75) is 25.9 Å². The fourth-order valence-electron chi connectivity index (χ4n) is 3.90. The third-order valence-electron chi connectivity index (χ3n) is 5.72. The maximum Gasteiger partial charge on any atom is 0.244 e. The van der Waals surface area contributed by atoms with E-state index in [1.807, 2.05) is 30.3 Å². The first-order valence-corrected chi connectivity index (χ1v) is 14.3. The first-order chi connectivity index (χ1) is 17.6. The van der Waals surface area contributed by atoms with Crippen molar-refractivity contribution in [2.24, 2.45) is 0 Å². The molecular weight excluding hydrogens is 561 g/mol. The number of nitrogens with one attached hydrogen (secondary N) is 1. The van der Waals surface area contributed by atoms with Gasteiger partial charge in [-0.15, -0.1) is 0 Å². The zero-order valence-corrected chi connectivity index (χ0v) is 23.0. The average Bonchev–Trinajstić information content (AvgIpc) is 2.86. The highest BCUT2D eigenvalue weighted by atomic mass is 79.9. The number of rotatable bonds is 11. The summed E-state index contributed by atoms with van der Waals surface area (Å²) in [6.07, 6.45) is 1.17. The van der Waals surface area contributed by atoms with Gasteiger partial charge in [0.05, 0.1) is 11.9 Å². The Balaban J connectivity index is 2.06. The molecule has 3 aromatic rings. The van der Waals surface area contributed by atoms with E-state index in [-0.39, 0.29) is 24.2 Å². The lowest BCUT2D eigenvalue weighted by atomic mass is 10.0. The third-order valence-corrected chi connectivity index (χ3v) is 7.52. The molecule has 0 saturated carbocycles. The molecule has 0 heterocycles. The quantitative estimate of drug-likeness (QED) is 0.364. The molecular formula is C27H29BrFN3O4S. The van der Waals surface area contributed by atoms with Crippen molar-refractivity contribution in [1.82, 2.24) is 10.2 Å². The molecule has 0 saturated heterocycles. The zero-order valence-electron chi connectivity index (χ0n) is 20.6. The Hall–Kier alpha value is -3.24. The maximum absolute atomic E-state index is 14.7. The van der Waals surface area contributed by atoms with Gasteiger partial charge in [-0.2, -0.15) is 0 Å². The molecule has 2 amide bonds. The molecule has 0 aliphatic rings. The Morgan fingerprint density at radius 2 is 1.59 bits per heavy atom. The number of sulfonamides is 1. The standard InChI is InChI=1S/C27H29BrFN3O4S/c1-3-30-27(34)25(17-20-11-5-4-6-12-20)31(18-21-13-7-9-15-23(21)29)26(33)19-32(37(2,35)36)24-16-10-8-14-22(24)28/h4-16,25H,3,17-19H2,1-2H3,(H,30,34)/t25-/m0/s1. The van der Waals surface area contributed by atoms with Crippen molar-refractivity contribution < 1.29 is 22.4 Å². The summed E-state index contributed by atoms with van der Waals surface area (Å²) in [5.74, 6) is -1.58. The topological polar surface area (TPSA) is 86.8 Å². The van der Waals surface area contributed by atoms with Gasteiger partial charge in [-0.3, -0.25) is 13.9 Å². The Morgan fingerprint density at radius 3 is 2.22 bits per heavy atom. The molecule has 37 heavy (non-hydrogen) atoms. The van der Waals surface area contributed by atoms with Gasteiger partial charge >= 0.3 is 0 Å². The first kappa shape index (κ1) is 28.3. The molecule has 3 rings (SSSR count). The number of halogens is 2. The normalized spacial score (nSPS) is 12.0. The van der Waals surface area contributed by atoms with E-state index in [1.165, 1.54) is 23.1 Å². The predicted octanol–water partition coefficient (Wildman–Crippen LogP) is 4.13. The van der Waals surface area contributed by atoms with Gasteiger partial charge in [0.15, 0.2) is 0 Å². The molecule has 1 N–H and O–H groups in total. The summed E-state index contributed by atoms with van der Waals surface area (Å²) in [4.78, 5) is 28.3. The number of benzene rings is 3. The molecule has 0 radical (unpaired) electrons. The third kappa shape index (κ3) is 7.62. The Bertz CT molecular complexity index is 1340. The Morgan fingerprint density at radius 1 is 0.973 bits per heavy atom. The van der Waals surface area contributed by atoms with E-state index in [9.17, 15) is 22.4 Å². The molecule has 0 unspecified atom stereocenters. The highest BCUT2D eigenvalue weighted by Crippen LogP contribution is 2.28. The van der Waals surface area contributed by atoms with Crippen LogP contribution in [0.4, 0.5) is 10.1 Å². The van der Waals surface area contributed by atoms with Crippen molar-refractivity contribution in [2.75, 3.05) is 23.7 Å². The number of nitrogens with zero attached hydrogens (tertiary/aromatic N) is 2. The van der Waals surface area contributed by atoms with Crippen LogP contribution in [0.15, 0.2) is 83.3 Å². The number of amides is 2.